The van der Waals surface area contributed by atoms with Crippen LogP contribution >= 0.6 is 0 Å². The molecule has 0 fully saturated rings. The van der Waals surface area contributed by atoms with Crippen molar-refractivity contribution >= 4 is 0 Å². The van der Waals surface area contributed by atoms with E-state index in [0.717, 1.165) is 22.6 Å². The highest BCUT2D eigenvalue weighted by atomic mass is 14.9. The molecule has 2 rings (SSSR count). The summed E-state index contributed by atoms with van der Waals surface area (Å²) in [7, 11) is 0. The first-order valence-corrected chi connectivity index (χ1v) is 4.19. The van der Waals surface area contributed by atoms with E-state index in [1.54, 1.807) is 0 Å². The van der Waals surface area contributed by atoms with Gasteiger partial charge >= 0.3 is 0 Å². The largest absolute Gasteiger partial charge is 0.342 e. The highest BCUT2D eigenvalue weighted by Gasteiger charge is 2.00. The van der Waals surface area contributed by atoms with Crippen molar-refractivity contribution in [2.24, 2.45) is 0 Å². The topological polar surface area (TPSA) is 41.6 Å². The molecule has 0 atom stereocenters. The Morgan fingerprint density at radius 3 is 2.62 bits per heavy atom. The molecule has 0 amide bonds. The first-order chi connectivity index (χ1) is 6.25. The molecule has 0 unspecified atom stereocenters. The van der Waals surface area contributed by atoms with E-state index >= 15 is 0 Å². The van der Waals surface area contributed by atoms with Gasteiger partial charge in [0.2, 0.25) is 0 Å². The molecule has 66 valence electrons. The van der Waals surface area contributed by atoms with Gasteiger partial charge in [-0.2, -0.15) is 0 Å². The second-order valence-electron chi connectivity index (χ2n) is 3.13. The van der Waals surface area contributed by atoms with Gasteiger partial charge in [0.1, 0.15) is 5.82 Å². The Kier molecular flexibility index (Phi) is 1.85. The first-order valence-electron chi connectivity index (χ1n) is 4.19. The van der Waals surface area contributed by atoms with E-state index in [0.29, 0.717) is 0 Å². The second kappa shape index (κ2) is 3.01. The molecule has 2 heterocycles. The Hall–Kier alpha value is -1.64. The van der Waals surface area contributed by atoms with Crippen LogP contribution in [0.2, 0.25) is 0 Å². The molecule has 0 bridgehead atoms. The summed E-state index contributed by atoms with van der Waals surface area (Å²) >= 11 is 0. The molecule has 2 aromatic rings. The first kappa shape index (κ1) is 7.98. The zero-order valence-corrected chi connectivity index (χ0v) is 7.70. The molecule has 0 radical (unpaired) electrons. The second-order valence-corrected chi connectivity index (χ2v) is 3.13. The Labute approximate surface area is 76.9 Å². The number of rotatable bonds is 1. The van der Waals surface area contributed by atoms with Gasteiger partial charge in [-0.1, -0.05) is 0 Å². The summed E-state index contributed by atoms with van der Waals surface area (Å²) in [5.41, 5.74) is 3.26. The van der Waals surface area contributed by atoms with E-state index in [1.807, 2.05) is 32.4 Å². The highest BCUT2D eigenvalue weighted by molar-refractivity contribution is 5.57. The molecule has 3 nitrogen and oxygen atoms in total. The third kappa shape index (κ3) is 1.59. The van der Waals surface area contributed by atoms with E-state index < -0.39 is 0 Å². The van der Waals surface area contributed by atoms with Gasteiger partial charge in [0.05, 0.1) is 11.9 Å². The van der Waals surface area contributed by atoms with Crippen LogP contribution in [0.3, 0.4) is 0 Å². The van der Waals surface area contributed by atoms with Gasteiger partial charge in [-0.15, -0.1) is 0 Å². The number of H-pyrrole nitrogens is 1. The van der Waals surface area contributed by atoms with Gasteiger partial charge in [0.25, 0.3) is 0 Å². The fourth-order valence-corrected chi connectivity index (χ4v) is 1.27. The lowest BCUT2D eigenvalue weighted by atomic mass is 10.2. The summed E-state index contributed by atoms with van der Waals surface area (Å²) in [5.74, 6) is 0.927. The van der Waals surface area contributed by atoms with Crippen molar-refractivity contribution in [2.45, 2.75) is 13.8 Å². The SMILES string of the molecule is Cc1cncc(-c2cnc(C)[nH]2)c1. The Morgan fingerprint density at radius 1 is 1.15 bits per heavy atom. The summed E-state index contributed by atoms with van der Waals surface area (Å²) in [4.78, 5) is 11.4. The standard InChI is InChI=1S/C10H11N3/c1-7-3-9(5-11-4-7)10-6-12-8(2)13-10/h3-6H,1-2H3,(H,12,13). The van der Waals surface area contributed by atoms with Crippen molar-refractivity contribution in [1.29, 1.82) is 0 Å². The number of hydrogen-bond donors (Lipinski definition) is 1. The molecule has 0 aliphatic heterocycles. The van der Waals surface area contributed by atoms with Gasteiger partial charge in [0.15, 0.2) is 0 Å². The lowest BCUT2D eigenvalue weighted by molar-refractivity contribution is 1.15. The van der Waals surface area contributed by atoms with Crippen LogP contribution in [0.25, 0.3) is 11.3 Å². The smallest absolute Gasteiger partial charge is 0.103 e. The fraction of sp³-hybridized carbons (Fsp3) is 0.200. The normalized spacial score (nSPS) is 10.3. The number of pyridine rings is 1. The highest BCUT2D eigenvalue weighted by Crippen LogP contribution is 2.16. The molecule has 0 saturated carbocycles. The minimum atomic E-state index is 0.927. The van der Waals surface area contributed by atoms with Crippen molar-refractivity contribution < 1.29 is 0 Å². The van der Waals surface area contributed by atoms with Crippen LogP contribution in [-0.4, -0.2) is 15.0 Å². The lowest BCUT2D eigenvalue weighted by Gasteiger charge is -1.97. The number of nitrogens with zero attached hydrogens (tertiary/aromatic N) is 2. The summed E-state index contributed by atoms with van der Waals surface area (Å²) in [6.45, 7) is 3.96. The lowest BCUT2D eigenvalue weighted by Crippen LogP contribution is -1.82. The number of nitrogens with one attached hydrogen (secondary N) is 1. The molecule has 0 saturated heterocycles. The average Bonchev–Trinajstić information content (AvgIpc) is 2.52. The van der Waals surface area contributed by atoms with Crippen LogP contribution < -0.4 is 0 Å². The quantitative estimate of drug-likeness (QED) is 0.717. The molecule has 0 spiro atoms. The van der Waals surface area contributed by atoms with E-state index in [2.05, 4.69) is 21.0 Å². The third-order valence-electron chi connectivity index (χ3n) is 1.89. The third-order valence-corrected chi connectivity index (χ3v) is 1.89. The molecule has 1 N–H and O–H groups in total. The number of aromatic nitrogens is 3. The number of hydrogen-bond acceptors (Lipinski definition) is 2. The van der Waals surface area contributed by atoms with Crippen LogP contribution in [0.1, 0.15) is 11.4 Å². The van der Waals surface area contributed by atoms with Crippen LogP contribution in [0.4, 0.5) is 0 Å². The predicted molar refractivity (Wildman–Crippen MR) is 51.3 cm³/mol. The van der Waals surface area contributed by atoms with Gasteiger partial charge in [-0.25, -0.2) is 4.98 Å². The maximum absolute atomic E-state index is 4.14. The van der Waals surface area contributed by atoms with Gasteiger partial charge in [-0.05, 0) is 25.5 Å². The van der Waals surface area contributed by atoms with Crippen LogP contribution in [0.5, 0.6) is 0 Å². The average molecular weight is 173 g/mol. The maximum atomic E-state index is 4.14. The molecule has 2 aromatic heterocycles. The molecule has 0 aromatic carbocycles. The molecule has 3 heteroatoms. The molecular weight excluding hydrogens is 162 g/mol. The zero-order valence-electron chi connectivity index (χ0n) is 7.70. The summed E-state index contributed by atoms with van der Waals surface area (Å²) in [6, 6.07) is 2.08. The van der Waals surface area contributed by atoms with E-state index in [4.69, 9.17) is 0 Å². The van der Waals surface area contributed by atoms with E-state index in [9.17, 15) is 0 Å². The van der Waals surface area contributed by atoms with Crippen molar-refractivity contribution in [3.8, 4) is 11.3 Å². The van der Waals surface area contributed by atoms with Crippen LogP contribution in [0.15, 0.2) is 24.7 Å². The monoisotopic (exact) mass is 173 g/mol. The zero-order chi connectivity index (χ0) is 9.26. The van der Waals surface area contributed by atoms with Gasteiger partial charge < -0.3 is 4.98 Å². The predicted octanol–water partition coefficient (Wildman–Crippen LogP) is 2.09. The van der Waals surface area contributed by atoms with Crippen LogP contribution in [-0.2, 0) is 0 Å². The molecule has 0 aliphatic rings. The summed E-state index contributed by atoms with van der Waals surface area (Å²) in [6.07, 6.45) is 5.50. The Balaban J connectivity index is 2.46. The minimum Gasteiger partial charge on any atom is -0.342 e. The summed E-state index contributed by atoms with van der Waals surface area (Å²) < 4.78 is 0. The van der Waals surface area contributed by atoms with Crippen molar-refractivity contribution in [1.82, 2.24) is 15.0 Å². The molecule has 13 heavy (non-hydrogen) atoms. The molecular formula is C10H11N3. The van der Waals surface area contributed by atoms with Crippen molar-refractivity contribution in [2.75, 3.05) is 0 Å². The number of imidazole rings is 1. The minimum absolute atomic E-state index is 0.927. The van der Waals surface area contributed by atoms with Crippen molar-refractivity contribution in [3.05, 3.63) is 36.0 Å². The van der Waals surface area contributed by atoms with Crippen LogP contribution in [0, 0.1) is 13.8 Å². The van der Waals surface area contributed by atoms with E-state index in [1.165, 1.54) is 0 Å². The fourth-order valence-electron chi connectivity index (χ4n) is 1.27. The Morgan fingerprint density at radius 2 is 2.00 bits per heavy atom. The van der Waals surface area contributed by atoms with Gasteiger partial charge in [0, 0.05) is 18.0 Å². The number of aryl methyl sites for hydroxylation is 2. The Bertz CT molecular complexity index is 418. The molecule has 0 aliphatic carbocycles. The van der Waals surface area contributed by atoms with Gasteiger partial charge in [-0.3, -0.25) is 4.98 Å². The maximum Gasteiger partial charge on any atom is 0.103 e. The summed E-state index contributed by atoms with van der Waals surface area (Å²) in [5, 5.41) is 0. The van der Waals surface area contributed by atoms with Crippen molar-refractivity contribution in [3.63, 3.8) is 0 Å². The number of aromatic amines is 1. The van der Waals surface area contributed by atoms with E-state index in [-0.39, 0.29) is 0 Å².